The molecule has 0 aliphatic heterocycles. The van der Waals surface area contributed by atoms with Crippen LogP contribution in [-0.2, 0) is 10.0 Å². The molecule has 0 amide bonds. The standard InChI is InChI=1S/C16H20N2O4S/c1-2-13-17(14-9-5-3-4-6-10-14)23(21,22)16-12-8-7-11-15(16)18(19)20/h2,5,7-9,11-12,14H,1,3-4,6,10,13H2. The Hall–Kier alpha value is -1.99. The van der Waals surface area contributed by atoms with Crippen molar-refractivity contribution in [1.82, 2.24) is 4.31 Å². The Morgan fingerprint density at radius 1 is 1.35 bits per heavy atom. The zero-order valence-corrected chi connectivity index (χ0v) is 13.6. The molecule has 0 saturated heterocycles. The summed E-state index contributed by atoms with van der Waals surface area (Å²) >= 11 is 0. The molecule has 23 heavy (non-hydrogen) atoms. The van der Waals surface area contributed by atoms with E-state index < -0.39 is 20.6 Å². The summed E-state index contributed by atoms with van der Waals surface area (Å²) in [5, 5.41) is 11.2. The fourth-order valence-electron chi connectivity index (χ4n) is 2.70. The van der Waals surface area contributed by atoms with Gasteiger partial charge in [-0.15, -0.1) is 6.58 Å². The van der Waals surface area contributed by atoms with Crippen LogP contribution >= 0.6 is 0 Å². The van der Waals surface area contributed by atoms with E-state index in [-0.39, 0.29) is 17.5 Å². The first-order valence-electron chi connectivity index (χ1n) is 7.51. The number of para-hydroxylation sites is 1. The minimum absolute atomic E-state index is 0.114. The molecule has 1 aromatic rings. The molecule has 124 valence electrons. The largest absolute Gasteiger partial charge is 0.289 e. The molecule has 0 bridgehead atoms. The van der Waals surface area contributed by atoms with E-state index in [4.69, 9.17) is 0 Å². The number of nitro groups is 1. The van der Waals surface area contributed by atoms with Gasteiger partial charge in [-0.05, 0) is 25.3 Å². The Balaban J connectivity index is 2.49. The quantitative estimate of drug-likeness (QED) is 0.453. The van der Waals surface area contributed by atoms with Crippen molar-refractivity contribution in [3.05, 3.63) is 59.2 Å². The van der Waals surface area contributed by atoms with E-state index in [1.54, 1.807) is 0 Å². The average Bonchev–Trinajstić information content (AvgIpc) is 2.81. The van der Waals surface area contributed by atoms with Gasteiger partial charge in [-0.25, -0.2) is 8.42 Å². The molecule has 0 aromatic heterocycles. The number of sulfonamides is 1. The summed E-state index contributed by atoms with van der Waals surface area (Å²) in [5.41, 5.74) is -0.404. The van der Waals surface area contributed by atoms with Crippen molar-refractivity contribution in [3.8, 4) is 0 Å². The van der Waals surface area contributed by atoms with Gasteiger partial charge in [0.25, 0.3) is 15.7 Å². The van der Waals surface area contributed by atoms with Gasteiger partial charge in [0.1, 0.15) is 0 Å². The van der Waals surface area contributed by atoms with Crippen LogP contribution in [0.3, 0.4) is 0 Å². The summed E-state index contributed by atoms with van der Waals surface area (Å²) < 4.78 is 27.3. The molecular weight excluding hydrogens is 316 g/mol. The molecular formula is C16H20N2O4S. The van der Waals surface area contributed by atoms with Gasteiger partial charge in [0.15, 0.2) is 4.90 Å². The van der Waals surface area contributed by atoms with E-state index in [0.717, 1.165) is 19.3 Å². The molecule has 1 aromatic carbocycles. The molecule has 0 N–H and O–H groups in total. The lowest BCUT2D eigenvalue weighted by atomic mass is 10.1. The number of nitrogens with zero attached hydrogens (tertiary/aromatic N) is 2. The lowest BCUT2D eigenvalue weighted by molar-refractivity contribution is -0.387. The van der Waals surface area contributed by atoms with Crippen molar-refractivity contribution in [1.29, 1.82) is 0 Å². The molecule has 0 radical (unpaired) electrons. The second kappa shape index (κ2) is 7.52. The highest BCUT2D eigenvalue weighted by Crippen LogP contribution is 2.29. The number of hydrogen-bond acceptors (Lipinski definition) is 4. The van der Waals surface area contributed by atoms with Crippen LogP contribution in [0.15, 0.2) is 54.0 Å². The third-order valence-corrected chi connectivity index (χ3v) is 5.74. The topological polar surface area (TPSA) is 80.5 Å². The zero-order valence-electron chi connectivity index (χ0n) is 12.8. The Labute approximate surface area is 136 Å². The van der Waals surface area contributed by atoms with Gasteiger partial charge in [-0.3, -0.25) is 10.1 Å². The molecule has 0 spiro atoms. The maximum atomic E-state index is 13.0. The predicted molar refractivity (Wildman–Crippen MR) is 88.6 cm³/mol. The van der Waals surface area contributed by atoms with Gasteiger partial charge in [-0.2, -0.15) is 4.31 Å². The summed E-state index contributed by atoms with van der Waals surface area (Å²) in [5.74, 6) is 0. The fraction of sp³-hybridized carbons (Fsp3) is 0.375. The molecule has 0 saturated carbocycles. The van der Waals surface area contributed by atoms with E-state index in [1.165, 1.54) is 34.6 Å². The van der Waals surface area contributed by atoms with Gasteiger partial charge in [-0.1, -0.05) is 36.8 Å². The van der Waals surface area contributed by atoms with Crippen molar-refractivity contribution in [2.45, 2.75) is 36.6 Å². The third kappa shape index (κ3) is 3.86. The predicted octanol–water partition coefficient (Wildman–Crippen LogP) is 3.27. The van der Waals surface area contributed by atoms with Gasteiger partial charge in [0.05, 0.1) is 4.92 Å². The first kappa shape index (κ1) is 17.4. The maximum absolute atomic E-state index is 13.0. The minimum atomic E-state index is -3.99. The van der Waals surface area contributed by atoms with Crippen molar-refractivity contribution < 1.29 is 13.3 Å². The molecule has 0 fully saturated rings. The fourth-order valence-corrected chi connectivity index (χ4v) is 4.44. The second-order valence-electron chi connectivity index (χ2n) is 5.37. The zero-order chi connectivity index (χ0) is 16.9. The van der Waals surface area contributed by atoms with Gasteiger partial charge >= 0.3 is 0 Å². The third-order valence-electron chi connectivity index (χ3n) is 3.81. The van der Waals surface area contributed by atoms with E-state index in [0.29, 0.717) is 6.42 Å². The first-order valence-corrected chi connectivity index (χ1v) is 8.95. The number of nitro benzene ring substituents is 1. The Bertz CT molecular complexity index is 713. The van der Waals surface area contributed by atoms with Crippen molar-refractivity contribution >= 4 is 15.7 Å². The van der Waals surface area contributed by atoms with Crippen LogP contribution in [0, 0.1) is 10.1 Å². The van der Waals surface area contributed by atoms with Crippen LogP contribution in [0.4, 0.5) is 5.69 Å². The van der Waals surface area contributed by atoms with Crippen LogP contribution in [-0.4, -0.2) is 30.2 Å². The molecule has 7 heteroatoms. The lowest BCUT2D eigenvalue weighted by Crippen LogP contribution is -2.39. The Kier molecular flexibility index (Phi) is 5.68. The summed E-state index contributed by atoms with van der Waals surface area (Å²) in [6.07, 6.45) is 8.91. The summed E-state index contributed by atoms with van der Waals surface area (Å²) in [4.78, 5) is 10.2. The van der Waals surface area contributed by atoms with E-state index >= 15 is 0 Å². The van der Waals surface area contributed by atoms with E-state index in [2.05, 4.69) is 6.58 Å². The van der Waals surface area contributed by atoms with Crippen molar-refractivity contribution in [3.63, 3.8) is 0 Å². The van der Waals surface area contributed by atoms with Gasteiger partial charge < -0.3 is 0 Å². The molecule has 1 aliphatic carbocycles. The maximum Gasteiger partial charge on any atom is 0.289 e. The van der Waals surface area contributed by atoms with Crippen LogP contribution in [0.25, 0.3) is 0 Å². The monoisotopic (exact) mass is 336 g/mol. The number of allylic oxidation sites excluding steroid dienone is 1. The van der Waals surface area contributed by atoms with Crippen LogP contribution in [0.1, 0.15) is 25.7 Å². The van der Waals surface area contributed by atoms with Crippen LogP contribution in [0.2, 0.25) is 0 Å². The SMILES string of the molecule is C=CCN(C1C=CCCCC1)S(=O)(=O)c1ccccc1[N+](=O)[O-]. The van der Waals surface area contributed by atoms with Crippen LogP contribution < -0.4 is 0 Å². The minimum Gasteiger partial charge on any atom is -0.258 e. The van der Waals surface area contributed by atoms with Crippen molar-refractivity contribution in [2.24, 2.45) is 0 Å². The normalized spacial score (nSPS) is 18.6. The molecule has 0 heterocycles. The summed E-state index contributed by atoms with van der Waals surface area (Å²) in [6.45, 7) is 3.73. The Morgan fingerprint density at radius 2 is 2.09 bits per heavy atom. The number of hydrogen-bond donors (Lipinski definition) is 0. The summed E-state index contributed by atoms with van der Waals surface area (Å²) in [7, 11) is -3.99. The smallest absolute Gasteiger partial charge is 0.258 e. The molecule has 6 nitrogen and oxygen atoms in total. The van der Waals surface area contributed by atoms with Gasteiger partial charge in [0.2, 0.25) is 0 Å². The van der Waals surface area contributed by atoms with Crippen molar-refractivity contribution in [2.75, 3.05) is 6.54 Å². The highest BCUT2D eigenvalue weighted by molar-refractivity contribution is 7.89. The Morgan fingerprint density at radius 3 is 2.78 bits per heavy atom. The lowest BCUT2D eigenvalue weighted by Gasteiger charge is -2.27. The highest BCUT2D eigenvalue weighted by atomic mass is 32.2. The average molecular weight is 336 g/mol. The molecule has 1 unspecified atom stereocenters. The number of rotatable bonds is 6. The molecule has 1 atom stereocenters. The second-order valence-corrected chi connectivity index (χ2v) is 7.23. The first-order chi connectivity index (χ1) is 11.0. The van der Waals surface area contributed by atoms with Gasteiger partial charge in [0, 0.05) is 18.7 Å². The molecule has 2 rings (SSSR count). The van der Waals surface area contributed by atoms with Crippen LogP contribution in [0.5, 0.6) is 0 Å². The molecule has 1 aliphatic rings. The van der Waals surface area contributed by atoms with E-state index in [1.807, 2.05) is 12.2 Å². The number of benzene rings is 1. The highest BCUT2D eigenvalue weighted by Gasteiger charge is 2.34. The summed E-state index contributed by atoms with van der Waals surface area (Å²) in [6, 6.07) is 5.14. The van der Waals surface area contributed by atoms with E-state index in [9.17, 15) is 18.5 Å².